The molecule has 0 aromatic carbocycles. The first-order chi connectivity index (χ1) is 8.89. The molecule has 0 spiro atoms. The second-order valence-electron chi connectivity index (χ2n) is 4.78. The van der Waals surface area contributed by atoms with Crippen molar-refractivity contribution in [3.05, 3.63) is 22.4 Å². The lowest BCUT2D eigenvalue weighted by Gasteiger charge is -2.23. The molecule has 0 saturated heterocycles. The van der Waals surface area contributed by atoms with Crippen LogP contribution in [0.2, 0.25) is 0 Å². The van der Waals surface area contributed by atoms with Gasteiger partial charge in [0, 0.05) is 11.4 Å². The van der Waals surface area contributed by atoms with E-state index < -0.39 is 11.4 Å². The maximum Gasteiger partial charge on any atom is 0.315 e. The summed E-state index contributed by atoms with van der Waals surface area (Å²) in [6, 6.07) is 3.44. The van der Waals surface area contributed by atoms with Gasteiger partial charge in [0.15, 0.2) is 0 Å². The Morgan fingerprint density at radius 3 is 2.68 bits per heavy atom. The van der Waals surface area contributed by atoms with E-state index in [1.165, 1.54) is 0 Å². The lowest BCUT2D eigenvalue weighted by atomic mass is 9.88. The Hall–Kier alpha value is -1.56. The van der Waals surface area contributed by atoms with Crippen molar-refractivity contribution in [2.45, 2.75) is 33.2 Å². The van der Waals surface area contributed by atoms with Crippen molar-refractivity contribution < 1.29 is 14.7 Å². The average molecular weight is 284 g/mol. The maximum absolute atomic E-state index is 11.7. The second-order valence-corrected chi connectivity index (χ2v) is 5.76. The lowest BCUT2D eigenvalue weighted by molar-refractivity contribution is -0.147. The Kier molecular flexibility index (Phi) is 5.35. The quantitative estimate of drug-likeness (QED) is 0.751. The van der Waals surface area contributed by atoms with Crippen LogP contribution in [0, 0.1) is 5.41 Å². The van der Waals surface area contributed by atoms with Crippen molar-refractivity contribution in [1.82, 2.24) is 10.6 Å². The summed E-state index contributed by atoms with van der Waals surface area (Å²) < 4.78 is 0. The van der Waals surface area contributed by atoms with Crippen LogP contribution in [0.15, 0.2) is 17.5 Å². The number of rotatable bonds is 6. The van der Waals surface area contributed by atoms with Crippen LogP contribution in [0.4, 0.5) is 4.79 Å². The zero-order valence-electron chi connectivity index (χ0n) is 11.4. The van der Waals surface area contributed by atoms with Crippen molar-refractivity contribution in [2.24, 2.45) is 5.41 Å². The highest BCUT2D eigenvalue weighted by Gasteiger charge is 2.31. The number of nitrogens with one attached hydrogen (secondary N) is 2. The molecule has 6 heteroatoms. The van der Waals surface area contributed by atoms with Crippen molar-refractivity contribution in [3.8, 4) is 0 Å². The first-order valence-corrected chi connectivity index (χ1v) is 7.08. The van der Waals surface area contributed by atoms with Crippen LogP contribution in [0.5, 0.6) is 0 Å². The summed E-state index contributed by atoms with van der Waals surface area (Å²) in [6.07, 6.45) is 0.461. The SMILES string of the molecule is CCC(C)(CNC(=O)NC(C)c1cccs1)C(=O)O. The molecule has 19 heavy (non-hydrogen) atoms. The van der Waals surface area contributed by atoms with E-state index in [9.17, 15) is 9.59 Å². The van der Waals surface area contributed by atoms with Gasteiger partial charge < -0.3 is 15.7 Å². The molecule has 0 radical (unpaired) electrons. The van der Waals surface area contributed by atoms with Gasteiger partial charge in [-0.05, 0) is 31.7 Å². The van der Waals surface area contributed by atoms with E-state index in [2.05, 4.69) is 10.6 Å². The molecular weight excluding hydrogens is 264 g/mol. The number of carbonyl (C=O) groups excluding carboxylic acids is 1. The first-order valence-electron chi connectivity index (χ1n) is 6.20. The average Bonchev–Trinajstić information content (AvgIpc) is 2.89. The van der Waals surface area contributed by atoms with Gasteiger partial charge in [-0.3, -0.25) is 4.79 Å². The number of hydrogen-bond acceptors (Lipinski definition) is 3. The van der Waals surface area contributed by atoms with E-state index in [0.29, 0.717) is 6.42 Å². The standard InChI is InChI=1S/C13H20N2O3S/c1-4-13(3,11(16)17)8-14-12(18)15-9(2)10-6-5-7-19-10/h5-7,9H,4,8H2,1-3H3,(H,16,17)(H2,14,15,18). The van der Waals surface area contributed by atoms with Gasteiger partial charge in [0.05, 0.1) is 11.5 Å². The number of hydrogen-bond donors (Lipinski definition) is 3. The van der Waals surface area contributed by atoms with Crippen LogP contribution < -0.4 is 10.6 Å². The minimum Gasteiger partial charge on any atom is -0.481 e. The minimum atomic E-state index is -0.927. The summed E-state index contributed by atoms with van der Waals surface area (Å²) >= 11 is 1.57. The molecule has 1 aromatic heterocycles. The number of aliphatic carboxylic acids is 1. The van der Waals surface area contributed by atoms with Gasteiger partial charge in [-0.2, -0.15) is 0 Å². The third kappa shape index (κ3) is 4.24. The predicted octanol–water partition coefficient (Wildman–Crippen LogP) is 2.61. The Morgan fingerprint density at radius 2 is 2.21 bits per heavy atom. The number of amides is 2. The molecule has 5 nitrogen and oxygen atoms in total. The predicted molar refractivity (Wildman–Crippen MR) is 75.3 cm³/mol. The van der Waals surface area contributed by atoms with E-state index in [4.69, 9.17) is 5.11 Å². The molecule has 0 saturated carbocycles. The summed E-state index contributed by atoms with van der Waals surface area (Å²) in [6.45, 7) is 5.42. The van der Waals surface area contributed by atoms with Gasteiger partial charge in [0.1, 0.15) is 0 Å². The molecule has 0 aliphatic carbocycles. The van der Waals surface area contributed by atoms with E-state index in [-0.39, 0.29) is 18.6 Å². The molecule has 106 valence electrons. The van der Waals surface area contributed by atoms with Crippen LogP contribution in [-0.2, 0) is 4.79 Å². The summed E-state index contributed by atoms with van der Waals surface area (Å²) in [5.41, 5.74) is -0.927. The van der Waals surface area contributed by atoms with E-state index >= 15 is 0 Å². The number of urea groups is 1. The number of carboxylic acid groups (broad SMARTS) is 1. The largest absolute Gasteiger partial charge is 0.481 e. The number of carbonyl (C=O) groups is 2. The smallest absolute Gasteiger partial charge is 0.315 e. The van der Waals surface area contributed by atoms with E-state index in [0.717, 1.165) is 4.88 Å². The minimum absolute atomic E-state index is 0.0855. The zero-order chi connectivity index (χ0) is 14.5. The van der Waals surface area contributed by atoms with Crippen molar-refractivity contribution in [2.75, 3.05) is 6.54 Å². The summed E-state index contributed by atoms with van der Waals surface area (Å²) in [5, 5.41) is 16.5. The van der Waals surface area contributed by atoms with Gasteiger partial charge in [-0.15, -0.1) is 11.3 Å². The molecule has 3 N–H and O–H groups in total. The van der Waals surface area contributed by atoms with Crippen molar-refractivity contribution >= 4 is 23.3 Å². The molecule has 0 bridgehead atoms. The van der Waals surface area contributed by atoms with Crippen LogP contribution in [0.25, 0.3) is 0 Å². The normalized spacial score (nSPS) is 15.3. The van der Waals surface area contributed by atoms with Gasteiger partial charge in [0.2, 0.25) is 0 Å². The number of thiophene rings is 1. The fourth-order valence-corrected chi connectivity index (χ4v) is 2.22. The Balaban J connectivity index is 2.46. The van der Waals surface area contributed by atoms with Crippen LogP contribution in [0.1, 0.15) is 38.1 Å². The molecule has 0 aliphatic rings. The number of carboxylic acids is 1. The Morgan fingerprint density at radius 1 is 1.53 bits per heavy atom. The van der Waals surface area contributed by atoms with Crippen LogP contribution in [-0.4, -0.2) is 23.7 Å². The van der Waals surface area contributed by atoms with Crippen molar-refractivity contribution in [3.63, 3.8) is 0 Å². The van der Waals surface area contributed by atoms with Gasteiger partial charge in [-0.1, -0.05) is 13.0 Å². The highest BCUT2D eigenvalue weighted by Crippen LogP contribution is 2.20. The highest BCUT2D eigenvalue weighted by atomic mass is 32.1. The summed E-state index contributed by atoms with van der Waals surface area (Å²) in [5.74, 6) is -0.901. The molecule has 1 rings (SSSR count). The molecule has 2 amide bonds. The van der Waals surface area contributed by atoms with E-state index in [1.54, 1.807) is 25.2 Å². The molecule has 2 atom stereocenters. The first kappa shape index (κ1) is 15.5. The third-order valence-corrected chi connectivity index (χ3v) is 4.31. The summed E-state index contributed by atoms with van der Waals surface area (Å²) in [7, 11) is 0. The Labute approximate surface area is 117 Å². The van der Waals surface area contributed by atoms with Crippen molar-refractivity contribution in [1.29, 1.82) is 0 Å². The molecule has 0 aliphatic heterocycles. The summed E-state index contributed by atoms with van der Waals surface area (Å²) in [4.78, 5) is 23.9. The van der Waals surface area contributed by atoms with Gasteiger partial charge in [-0.25, -0.2) is 4.79 Å². The molecule has 1 aromatic rings. The van der Waals surface area contributed by atoms with Crippen LogP contribution >= 0.6 is 11.3 Å². The molecular formula is C13H20N2O3S. The zero-order valence-corrected chi connectivity index (χ0v) is 12.2. The monoisotopic (exact) mass is 284 g/mol. The third-order valence-electron chi connectivity index (χ3n) is 3.25. The fourth-order valence-electron chi connectivity index (χ4n) is 1.48. The molecule has 2 unspecified atom stereocenters. The van der Waals surface area contributed by atoms with Gasteiger partial charge >= 0.3 is 12.0 Å². The molecule has 1 heterocycles. The Bertz CT molecular complexity index is 433. The maximum atomic E-state index is 11.7. The molecule has 0 fully saturated rings. The van der Waals surface area contributed by atoms with Gasteiger partial charge in [0.25, 0.3) is 0 Å². The van der Waals surface area contributed by atoms with Crippen LogP contribution in [0.3, 0.4) is 0 Å². The topological polar surface area (TPSA) is 78.4 Å². The van der Waals surface area contributed by atoms with E-state index in [1.807, 2.05) is 24.4 Å². The highest BCUT2D eigenvalue weighted by molar-refractivity contribution is 7.10. The second kappa shape index (κ2) is 6.56. The lowest BCUT2D eigenvalue weighted by Crippen LogP contribution is -2.45. The fraction of sp³-hybridized carbons (Fsp3) is 0.538.